The second-order valence-electron chi connectivity index (χ2n) is 4.61. The molecule has 0 spiro atoms. The van der Waals surface area contributed by atoms with Gasteiger partial charge in [0.1, 0.15) is 6.04 Å². The molecule has 2 atom stereocenters. The molecule has 0 aliphatic carbocycles. The van der Waals surface area contributed by atoms with Crippen molar-refractivity contribution >= 4 is 24.2 Å². The van der Waals surface area contributed by atoms with E-state index in [0.717, 1.165) is 6.54 Å². The van der Waals surface area contributed by atoms with Crippen molar-refractivity contribution in [3.05, 3.63) is 0 Å². The van der Waals surface area contributed by atoms with Crippen LogP contribution >= 0.6 is 12.4 Å². The number of nitrogens with two attached hydrogens (primary N) is 1. The molecule has 0 radical (unpaired) electrons. The molecule has 1 aliphatic rings. The first-order valence-corrected chi connectivity index (χ1v) is 5.78. The topological polar surface area (TPSA) is 75.4 Å². The fraction of sp³-hybridized carbons (Fsp3) is 0.818. The second-order valence-corrected chi connectivity index (χ2v) is 4.61. The molecule has 0 aromatic heterocycles. The van der Waals surface area contributed by atoms with Crippen molar-refractivity contribution in [2.45, 2.75) is 39.3 Å². The first kappa shape index (κ1) is 16.2. The van der Waals surface area contributed by atoms with Crippen LogP contribution in [0.3, 0.4) is 0 Å². The van der Waals surface area contributed by atoms with E-state index in [9.17, 15) is 9.59 Å². The van der Waals surface area contributed by atoms with Gasteiger partial charge in [-0.15, -0.1) is 12.4 Å². The van der Waals surface area contributed by atoms with E-state index in [-0.39, 0.29) is 42.2 Å². The predicted octanol–water partition coefficient (Wildman–Crippen LogP) is 0.129. The molecule has 3 N–H and O–H groups in total. The van der Waals surface area contributed by atoms with Gasteiger partial charge < -0.3 is 16.0 Å². The summed E-state index contributed by atoms with van der Waals surface area (Å²) in [5.74, 6) is -0.347. The average Bonchev–Trinajstić information content (AvgIpc) is 2.59. The Morgan fingerprint density at radius 2 is 2.12 bits per heavy atom. The van der Waals surface area contributed by atoms with Crippen molar-refractivity contribution in [1.82, 2.24) is 10.2 Å². The molecule has 17 heavy (non-hydrogen) atoms. The Morgan fingerprint density at radius 1 is 1.53 bits per heavy atom. The van der Waals surface area contributed by atoms with E-state index in [1.807, 2.05) is 13.8 Å². The summed E-state index contributed by atoms with van der Waals surface area (Å²) in [6.45, 7) is 6.74. The van der Waals surface area contributed by atoms with Gasteiger partial charge in [0.2, 0.25) is 11.8 Å². The zero-order valence-corrected chi connectivity index (χ0v) is 11.4. The van der Waals surface area contributed by atoms with Gasteiger partial charge in [0.15, 0.2) is 0 Å². The molecule has 100 valence electrons. The fourth-order valence-corrected chi connectivity index (χ4v) is 1.77. The minimum Gasteiger partial charge on any atom is -0.344 e. The molecule has 6 heteroatoms. The van der Waals surface area contributed by atoms with Crippen molar-refractivity contribution in [3.8, 4) is 0 Å². The third-order valence-corrected chi connectivity index (χ3v) is 2.98. The summed E-state index contributed by atoms with van der Waals surface area (Å²) in [6.07, 6.45) is 0.694. The number of carbonyl (C=O) groups excluding carboxylic acids is 2. The molecule has 1 saturated heterocycles. The van der Waals surface area contributed by atoms with Crippen LogP contribution < -0.4 is 11.1 Å². The highest BCUT2D eigenvalue weighted by Gasteiger charge is 2.34. The van der Waals surface area contributed by atoms with Crippen molar-refractivity contribution in [2.24, 2.45) is 11.7 Å². The normalized spacial score (nSPS) is 21.4. The zero-order chi connectivity index (χ0) is 12.3. The Labute approximate surface area is 109 Å². The zero-order valence-electron chi connectivity index (χ0n) is 10.6. The van der Waals surface area contributed by atoms with Gasteiger partial charge >= 0.3 is 0 Å². The van der Waals surface area contributed by atoms with E-state index < -0.39 is 0 Å². The lowest BCUT2D eigenvalue weighted by Gasteiger charge is -2.21. The van der Waals surface area contributed by atoms with E-state index in [1.54, 1.807) is 11.8 Å². The molecule has 1 heterocycles. The van der Waals surface area contributed by atoms with Gasteiger partial charge in [0.25, 0.3) is 0 Å². The highest BCUT2D eigenvalue weighted by molar-refractivity contribution is 5.90. The van der Waals surface area contributed by atoms with Crippen LogP contribution in [0, 0.1) is 5.92 Å². The summed E-state index contributed by atoms with van der Waals surface area (Å²) in [4.78, 5) is 25.3. The number of halogens is 1. The molecular weight excluding hydrogens is 242 g/mol. The lowest BCUT2D eigenvalue weighted by Crippen LogP contribution is -2.45. The predicted molar refractivity (Wildman–Crippen MR) is 68.9 cm³/mol. The van der Waals surface area contributed by atoms with E-state index in [0.29, 0.717) is 13.0 Å². The number of hydrogen-bond donors (Lipinski definition) is 2. The monoisotopic (exact) mass is 263 g/mol. The lowest BCUT2D eigenvalue weighted by atomic mass is 10.1. The van der Waals surface area contributed by atoms with Crippen LogP contribution in [0.2, 0.25) is 0 Å². The van der Waals surface area contributed by atoms with Crippen LogP contribution in [0.1, 0.15) is 27.2 Å². The van der Waals surface area contributed by atoms with Gasteiger partial charge in [-0.2, -0.15) is 0 Å². The average molecular weight is 264 g/mol. The van der Waals surface area contributed by atoms with E-state index in [2.05, 4.69) is 5.32 Å². The molecule has 2 amide bonds. The van der Waals surface area contributed by atoms with Crippen molar-refractivity contribution < 1.29 is 9.59 Å². The molecule has 1 fully saturated rings. The number of amides is 2. The largest absolute Gasteiger partial charge is 0.344 e. The second kappa shape index (κ2) is 6.81. The van der Waals surface area contributed by atoms with Gasteiger partial charge in [-0.3, -0.25) is 9.59 Å². The van der Waals surface area contributed by atoms with Crippen LogP contribution in [-0.4, -0.2) is 41.9 Å². The minimum atomic E-state index is -0.358. The molecule has 1 rings (SSSR count). The Kier molecular flexibility index (Phi) is 6.49. The maximum absolute atomic E-state index is 11.9. The number of hydrogen-bond acceptors (Lipinski definition) is 3. The van der Waals surface area contributed by atoms with E-state index in [4.69, 9.17) is 5.73 Å². The Morgan fingerprint density at radius 3 is 2.53 bits per heavy atom. The van der Waals surface area contributed by atoms with Crippen molar-refractivity contribution in [1.29, 1.82) is 0 Å². The number of likely N-dealkylation sites (tertiary alicyclic amines) is 1. The number of nitrogens with zero attached hydrogens (tertiary/aromatic N) is 1. The standard InChI is InChI=1S/C11H21N3O2.ClH/c1-7(2)14-5-4-9(11(14)16)13-10(15)8(3)6-12;/h7-9H,4-6,12H2,1-3H3,(H,13,15);1H. The SMILES string of the molecule is CC(CN)C(=O)NC1CCN(C(C)C)C1=O.Cl. The maximum Gasteiger partial charge on any atom is 0.245 e. The fourth-order valence-electron chi connectivity index (χ4n) is 1.77. The summed E-state index contributed by atoms with van der Waals surface area (Å²) in [5, 5.41) is 2.75. The van der Waals surface area contributed by atoms with Crippen LogP contribution in [0.15, 0.2) is 0 Å². The first-order valence-electron chi connectivity index (χ1n) is 5.78. The van der Waals surface area contributed by atoms with Crippen LogP contribution in [0.25, 0.3) is 0 Å². The van der Waals surface area contributed by atoms with Crippen molar-refractivity contribution in [2.75, 3.05) is 13.1 Å². The Balaban J connectivity index is 0.00000256. The highest BCUT2D eigenvalue weighted by atomic mass is 35.5. The Hall–Kier alpha value is -0.810. The summed E-state index contributed by atoms with van der Waals surface area (Å²) >= 11 is 0. The molecule has 0 saturated carbocycles. The van der Waals surface area contributed by atoms with E-state index in [1.165, 1.54) is 0 Å². The molecular formula is C11H22ClN3O2. The maximum atomic E-state index is 11.9. The molecule has 0 aromatic rings. The summed E-state index contributed by atoms with van der Waals surface area (Å²) < 4.78 is 0. The molecule has 0 aromatic carbocycles. The van der Waals surface area contributed by atoms with Gasteiger partial charge in [-0.25, -0.2) is 0 Å². The van der Waals surface area contributed by atoms with Crippen LogP contribution in [0.4, 0.5) is 0 Å². The smallest absolute Gasteiger partial charge is 0.245 e. The Bertz CT molecular complexity index is 284. The van der Waals surface area contributed by atoms with E-state index >= 15 is 0 Å². The van der Waals surface area contributed by atoms with Gasteiger partial charge in [-0.1, -0.05) is 6.92 Å². The number of nitrogens with one attached hydrogen (secondary N) is 1. The lowest BCUT2D eigenvalue weighted by molar-refractivity contribution is -0.134. The molecule has 5 nitrogen and oxygen atoms in total. The van der Waals surface area contributed by atoms with Crippen LogP contribution in [0.5, 0.6) is 0 Å². The summed E-state index contributed by atoms with van der Waals surface area (Å²) in [7, 11) is 0. The molecule has 1 aliphatic heterocycles. The molecule has 2 unspecified atom stereocenters. The minimum absolute atomic E-state index is 0. The quantitative estimate of drug-likeness (QED) is 0.757. The van der Waals surface area contributed by atoms with Crippen molar-refractivity contribution in [3.63, 3.8) is 0 Å². The first-order chi connectivity index (χ1) is 7.47. The third-order valence-electron chi connectivity index (χ3n) is 2.98. The van der Waals surface area contributed by atoms with Gasteiger partial charge in [0, 0.05) is 25.0 Å². The third kappa shape index (κ3) is 3.85. The molecule has 0 bridgehead atoms. The summed E-state index contributed by atoms with van der Waals surface area (Å²) in [5.41, 5.74) is 5.40. The number of carbonyl (C=O) groups is 2. The summed E-state index contributed by atoms with van der Waals surface area (Å²) in [6, 6.07) is -0.162. The van der Waals surface area contributed by atoms with Crippen LogP contribution in [-0.2, 0) is 9.59 Å². The highest BCUT2D eigenvalue weighted by Crippen LogP contribution is 2.14. The van der Waals surface area contributed by atoms with Gasteiger partial charge in [0.05, 0.1) is 0 Å². The van der Waals surface area contributed by atoms with Gasteiger partial charge in [-0.05, 0) is 20.3 Å². The number of rotatable bonds is 4.